The average molecular weight is 901 g/mol. The number of hydrogen-bond acceptors (Lipinski definition) is 7. The summed E-state index contributed by atoms with van der Waals surface area (Å²) in [5.74, 6) is -2.02. The highest BCUT2D eigenvalue weighted by Gasteiger charge is 2.25. The van der Waals surface area contributed by atoms with Crippen LogP contribution in [0.3, 0.4) is 0 Å². The first-order valence-electron chi connectivity index (χ1n) is 26.0. The van der Waals surface area contributed by atoms with Crippen LogP contribution >= 0.6 is 0 Å². The number of rotatable bonds is 47. The summed E-state index contributed by atoms with van der Waals surface area (Å²) in [6, 6.07) is 0. The molecule has 0 saturated carbocycles. The maximum absolute atomic E-state index is 12.8. The van der Waals surface area contributed by atoms with E-state index >= 15 is 0 Å². The van der Waals surface area contributed by atoms with Crippen molar-refractivity contribution in [3.8, 4) is 0 Å². The summed E-state index contributed by atoms with van der Waals surface area (Å²) in [5, 5.41) is 9.67. The molecule has 0 aliphatic rings. The van der Waals surface area contributed by atoms with Gasteiger partial charge in [-0.2, -0.15) is 0 Å². The molecule has 64 heavy (non-hydrogen) atoms. The van der Waals surface area contributed by atoms with Crippen LogP contribution in [-0.2, 0) is 33.3 Å². The van der Waals surface area contributed by atoms with Gasteiger partial charge in [0.2, 0.25) is 0 Å². The Hall–Kier alpha value is -3.01. The van der Waals surface area contributed by atoms with Crippen LogP contribution in [0.25, 0.3) is 0 Å². The second-order valence-electron chi connectivity index (χ2n) is 18.4. The highest BCUT2D eigenvalue weighted by atomic mass is 16.7. The SMILES string of the molecule is CC/C=C\C/C=C\C/C=C\C/C=C\CCCCCCCCCCCCCCC(=O)OC(COC(=O)CCCCCCC/C=C\CCCCCCC)COC(OCC[N+](C)(C)C)C(=O)O. The van der Waals surface area contributed by atoms with Crippen LogP contribution in [0.15, 0.2) is 60.8 Å². The molecule has 0 saturated heterocycles. The molecule has 0 heterocycles. The molecule has 0 aromatic rings. The number of allylic oxidation sites excluding steroid dienone is 10. The molecule has 9 heteroatoms. The van der Waals surface area contributed by atoms with Gasteiger partial charge < -0.3 is 28.5 Å². The Bertz CT molecular complexity index is 1230. The number of carboxylic acids is 1. The Kier molecular flexibility index (Phi) is 44.3. The van der Waals surface area contributed by atoms with E-state index in [4.69, 9.17) is 18.9 Å². The zero-order chi connectivity index (χ0) is 47.0. The first-order valence-corrected chi connectivity index (χ1v) is 26.0. The topological polar surface area (TPSA) is 108 Å². The van der Waals surface area contributed by atoms with Crippen LogP contribution in [-0.4, -0.2) is 87.4 Å². The molecule has 370 valence electrons. The molecular weight excluding hydrogens is 803 g/mol. The van der Waals surface area contributed by atoms with Crippen molar-refractivity contribution in [1.29, 1.82) is 0 Å². The van der Waals surface area contributed by atoms with Crippen LogP contribution < -0.4 is 0 Å². The third-order valence-corrected chi connectivity index (χ3v) is 11.0. The molecular formula is C55H98NO8+. The van der Waals surface area contributed by atoms with Gasteiger partial charge in [0.05, 0.1) is 34.4 Å². The summed E-state index contributed by atoms with van der Waals surface area (Å²) < 4.78 is 22.8. The Labute approximate surface area is 393 Å². The van der Waals surface area contributed by atoms with E-state index in [0.29, 0.717) is 23.9 Å². The number of aliphatic carboxylic acids is 1. The summed E-state index contributed by atoms with van der Waals surface area (Å²) in [5.41, 5.74) is 0. The molecule has 2 unspecified atom stereocenters. The summed E-state index contributed by atoms with van der Waals surface area (Å²) in [6.07, 6.45) is 54.3. The number of unbranched alkanes of at least 4 members (excludes halogenated alkanes) is 22. The molecule has 0 aliphatic heterocycles. The monoisotopic (exact) mass is 901 g/mol. The number of carboxylic acid groups (broad SMARTS) is 1. The number of hydrogen-bond donors (Lipinski definition) is 1. The van der Waals surface area contributed by atoms with Gasteiger partial charge in [-0.1, -0.05) is 184 Å². The molecule has 0 radical (unpaired) electrons. The van der Waals surface area contributed by atoms with Crippen molar-refractivity contribution in [3.05, 3.63) is 60.8 Å². The first kappa shape index (κ1) is 61.0. The fourth-order valence-electron chi connectivity index (χ4n) is 7.00. The largest absolute Gasteiger partial charge is 0.477 e. The first-order chi connectivity index (χ1) is 31.1. The lowest BCUT2D eigenvalue weighted by Crippen LogP contribution is -2.40. The fourth-order valence-corrected chi connectivity index (χ4v) is 7.00. The molecule has 0 aromatic carbocycles. The van der Waals surface area contributed by atoms with Gasteiger partial charge in [0, 0.05) is 12.8 Å². The summed E-state index contributed by atoms with van der Waals surface area (Å²) in [4.78, 5) is 37.3. The molecule has 0 bridgehead atoms. The van der Waals surface area contributed by atoms with Gasteiger partial charge in [0.1, 0.15) is 13.2 Å². The minimum absolute atomic E-state index is 0.185. The standard InChI is InChI=1S/C55H97NO8/c1-6-8-10-12-14-16-18-20-22-23-24-25-26-27-28-29-30-31-32-34-36-38-40-42-44-46-53(58)64-51(50-63-55(54(59)60)61-48-47-56(3,4)5)49-62-52(57)45-43-41-39-37-35-33-21-19-17-15-13-11-9-7-2/h8,10,14,16,19-22,24-25,51,55H,6-7,9,11-13,15,17-18,23,26-50H2,1-5H3/p+1/b10-8-,16-14-,21-19-,22-20-,25-24-. The molecule has 1 N–H and O–H groups in total. The Morgan fingerprint density at radius 1 is 0.484 bits per heavy atom. The van der Waals surface area contributed by atoms with E-state index < -0.39 is 24.3 Å². The van der Waals surface area contributed by atoms with Crippen molar-refractivity contribution in [2.45, 2.75) is 225 Å². The van der Waals surface area contributed by atoms with E-state index in [0.717, 1.165) is 83.5 Å². The van der Waals surface area contributed by atoms with Crippen molar-refractivity contribution < 1.29 is 42.9 Å². The van der Waals surface area contributed by atoms with Crippen LogP contribution in [0.4, 0.5) is 0 Å². The van der Waals surface area contributed by atoms with E-state index in [-0.39, 0.29) is 32.2 Å². The van der Waals surface area contributed by atoms with E-state index in [1.54, 1.807) is 0 Å². The third-order valence-electron chi connectivity index (χ3n) is 11.0. The highest BCUT2D eigenvalue weighted by Crippen LogP contribution is 2.15. The van der Waals surface area contributed by atoms with E-state index in [1.807, 2.05) is 21.1 Å². The van der Waals surface area contributed by atoms with Crippen LogP contribution in [0.1, 0.15) is 213 Å². The predicted molar refractivity (Wildman–Crippen MR) is 267 cm³/mol. The van der Waals surface area contributed by atoms with Crippen LogP contribution in [0, 0.1) is 0 Å². The second-order valence-corrected chi connectivity index (χ2v) is 18.4. The number of quaternary nitrogens is 1. The quantitative estimate of drug-likeness (QED) is 0.0211. The zero-order valence-electron chi connectivity index (χ0n) is 41.9. The number of ether oxygens (including phenoxy) is 4. The molecule has 2 atom stereocenters. The molecule has 0 fully saturated rings. The zero-order valence-corrected chi connectivity index (χ0v) is 41.9. The van der Waals surface area contributed by atoms with Crippen LogP contribution in [0.2, 0.25) is 0 Å². The number of carbonyl (C=O) groups is 3. The molecule has 0 rings (SSSR count). The minimum atomic E-state index is -1.51. The van der Waals surface area contributed by atoms with E-state index in [9.17, 15) is 19.5 Å². The molecule has 0 amide bonds. The maximum atomic E-state index is 12.8. The third kappa shape index (κ3) is 47.0. The molecule has 0 aromatic heterocycles. The van der Waals surface area contributed by atoms with Crippen LogP contribution in [0.5, 0.6) is 0 Å². The van der Waals surface area contributed by atoms with Crippen molar-refractivity contribution in [3.63, 3.8) is 0 Å². The molecule has 0 spiro atoms. The van der Waals surface area contributed by atoms with Crippen molar-refractivity contribution in [2.24, 2.45) is 0 Å². The van der Waals surface area contributed by atoms with Gasteiger partial charge in [-0.25, -0.2) is 4.79 Å². The van der Waals surface area contributed by atoms with Gasteiger partial charge >= 0.3 is 17.9 Å². The molecule has 9 nitrogen and oxygen atoms in total. The lowest BCUT2D eigenvalue weighted by molar-refractivity contribution is -0.870. The molecule has 0 aliphatic carbocycles. The number of likely N-dealkylation sites (N-methyl/N-ethyl adjacent to an activating group) is 1. The second kappa shape index (κ2) is 46.5. The highest BCUT2D eigenvalue weighted by molar-refractivity contribution is 5.71. The number of carbonyl (C=O) groups excluding carboxylic acids is 2. The number of esters is 2. The van der Waals surface area contributed by atoms with Gasteiger partial charge in [-0.15, -0.1) is 0 Å². The fraction of sp³-hybridized carbons (Fsp3) is 0.764. The minimum Gasteiger partial charge on any atom is -0.477 e. The number of nitrogens with zero attached hydrogens (tertiary/aromatic N) is 1. The summed E-state index contributed by atoms with van der Waals surface area (Å²) >= 11 is 0. The van der Waals surface area contributed by atoms with E-state index in [2.05, 4.69) is 74.6 Å². The summed E-state index contributed by atoms with van der Waals surface area (Å²) in [7, 11) is 5.96. The Morgan fingerprint density at radius 3 is 1.34 bits per heavy atom. The summed E-state index contributed by atoms with van der Waals surface area (Å²) in [6.45, 7) is 4.74. The maximum Gasteiger partial charge on any atom is 0.361 e. The lowest BCUT2D eigenvalue weighted by Gasteiger charge is -2.25. The smallest absolute Gasteiger partial charge is 0.361 e. The van der Waals surface area contributed by atoms with Crippen molar-refractivity contribution in [2.75, 3.05) is 47.5 Å². The Balaban J connectivity index is 4.29. The predicted octanol–water partition coefficient (Wildman–Crippen LogP) is 14.5. The lowest BCUT2D eigenvalue weighted by atomic mass is 10.0. The Morgan fingerprint density at radius 2 is 0.891 bits per heavy atom. The normalized spacial score (nSPS) is 13.3. The van der Waals surface area contributed by atoms with E-state index in [1.165, 1.54) is 96.3 Å². The van der Waals surface area contributed by atoms with Gasteiger partial charge in [0.15, 0.2) is 6.10 Å². The van der Waals surface area contributed by atoms with Gasteiger partial charge in [-0.3, -0.25) is 9.59 Å². The average Bonchev–Trinajstić information content (AvgIpc) is 3.26. The van der Waals surface area contributed by atoms with Crippen molar-refractivity contribution in [1.82, 2.24) is 0 Å². The van der Waals surface area contributed by atoms with Gasteiger partial charge in [0.25, 0.3) is 6.29 Å². The van der Waals surface area contributed by atoms with Gasteiger partial charge in [-0.05, 0) is 77.0 Å². The van der Waals surface area contributed by atoms with Crippen molar-refractivity contribution >= 4 is 17.9 Å².